The van der Waals surface area contributed by atoms with Crippen LogP contribution in [0.5, 0.6) is 0 Å². The lowest BCUT2D eigenvalue weighted by atomic mass is 10.0. The summed E-state index contributed by atoms with van der Waals surface area (Å²) in [5.74, 6) is -0.315. The second-order valence-corrected chi connectivity index (χ2v) is 5.64. The Labute approximate surface area is 140 Å². The van der Waals surface area contributed by atoms with Gasteiger partial charge in [0, 0.05) is 18.5 Å². The Morgan fingerprint density at radius 3 is 2.35 bits per heavy atom. The van der Waals surface area contributed by atoms with Gasteiger partial charge in [-0.2, -0.15) is 0 Å². The summed E-state index contributed by atoms with van der Waals surface area (Å²) in [5.41, 5.74) is 1.76. The van der Waals surface area contributed by atoms with Crippen LogP contribution in [0, 0.1) is 0 Å². The molecule has 120 valence electrons. The van der Waals surface area contributed by atoms with Gasteiger partial charge < -0.3 is 10.6 Å². The van der Waals surface area contributed by atoms with Gasteiger partial charge in [-0.15, -0.1) is 0 Å². The molecule has 2 N–H and O–H groups in total. The van der Waals surface area contributed by atoms with E-state index in [0.29, 0.717) is 11.6 Å². The predicted octanol–water partition coefficient (Wildman–Crippen LogP) is 3.22. The SMILES string of the molecule is CC(=O)N[C@@H](CC(=O)NCc1ccccc1Cl)c1ccccc1. The molecule has 1 atom stereocenters. The maximum atomic E-state index is 12.2. The molecule has 2 amide bonds. The number of nitrogens with one attached hydrogen (secondary N) is 2. The number of halogens is 1. The van der Waals surface area contributed by atoms with E-state index >= 15 is 0 Å². The number of amides is 2. The largest absolute Gasteiger partial charge is 0.352 e. The van der Waals surface area contributed by atoms with E-state index in [2.05, 4.69) is 10.6 Å². The molecule has 0 aliphatic rings. The summed E-state index contributed by atoms with van der Waals surface area (Å²) >= 11 is 6.07. The Morgan fingerprint density at radius 2 is 1.70 bits per heavy atom. The van der Waals surface area contributed by atoms with Crippen molar-refractivity contribution in [3.8, 4) is 0 Å². The lowest BCUT2D eigenvalue weighted by Crippen LogP contribution is -2.32. The Hall–Kier alpha value is -2.33. The number of hydrogen-bond acceptors (Lipinski definition) is 2. The number of rotatable bonds is 6. The van der Waals surface area contributed by atoms with E-state index in [1.54, 1.807) is 6.07 Å². The number of benzene rings is 2. The highest BCUT2D eigenvalue weighted by molar-refractivity contribution is 6.31. The van der Waals surface area contributed by atoms with E-state index in [1.807, 2.05) is 48.5 Å². The van der Waals surface area contributed by atoms with Gasteiger partial charge in [-0.3, -0.25) is 9.59 Å². The molecule has 0 unspecified atom stereocenters. The van der Waals surface area contributed by atoms with Crippen LogP contribution in [0.4, 0.5) is 0 Å². The Bertz CT molecular complexity index is 674. The fourth-order valence-electron chi connectivity index (χ4n) is 2.28. The second-order valence-electron chi connectivity index (χ2n) is 5.24. The van der Waals surface area contributed by atoms with Crippen molar-refractivity contribution in [3.05, 3.63) is 70.7 Å². The standard InChI is InChI=1S/C18H19ClN2O2/c1-13(22)21-17(14-7-3-2-4-8-14)11-18(23)20-12-15-9-5-6-10-16(15)19/h2-10,17H,11-12H2,1H3,(H,20,23)(H,21,22)/t17-/m0/s1. The summed E-state index contributed by atoms with van der Waals surface area (Å²) in [6.45, 7) is 1.80. The maximum absolute atomic E-state index is 12.2. The quantitative estimate of drug-likeness (QED) is 0.854. The van der Waals surface area contributed by atoms with Gasteiger partial charge >= 0.3 is 0 Å². The molecule has 0 saturated heterocycles. The lowest BCUT2D eigenvalue weighted by Gasteiger charge is -2.18. The number of hydrogen-bond donors (Lipinski definition) is 2. The lowest BCUT2D eigenvalue weighted by molar-refractivity contribution is -0.122. The summed E-state index contributed by atoms with van der Waals surface area (Å²) in [6.07, 6.45) is 0.175. The Kier molecular flexibility index (Phi) is 6.18. The first-order valence-electron chi connectivity index (χ1n) is 7.38. The summed E-state index contributed by atoms with van der Waals surface area (Å²) in [6, 6.07) is 16.5. The number of carbonyl (C=O) groups is 2. The molecule has 0 aliphatic heterocycles. The van der Waals surface area contributed by atoms with Gasteiger partial charge in [0.05, 0.1) is 12.5 Å². The molecule has 0 aromatic heterocycles. The van der Waals surface area contributed by atoms with Crippen LogP contribution in [0.15, 0.2) is 54.6 Å². The zero-order valence-electron chi connectivity index (χ0n) is 12.9. The van der Waals surface area contributed by atoms with E-state index < -0.39 is 0 Å². The van der Waals surface area contributed by atoms with Crippen LogP contribution >= 0.6 is 11.6 Å². The first-order valence-corrected chi connectivity index (χ1v) is 7.76. The topological polar surface area (TPSA) is 58.2 Å². The first-order chi connectivity index (χ1) is 11.1. The van der Waals surface area contributed by atoms with Gasteiger partial charge in [-0.05, 0) is 17.2 Å². The molecular weight excluding hydrogens is 312 g/mol. The molecule has 4 nitrogen and oxygen atoms in total. The Morgan fingerprint density at radius 1 is 1.04 bits per heavy atom. The molecule has 2 aromatic rings. The fraction of sp³-hybridized carbons (Fsp3) is 0.222. The van der Waals surface area contributed by atoms with Gasteiger partial charge in [0.2, 0.25) is 11.8 Å². The predicted molar refractivity (Wildman–Crippen MR) is 90.9 cm³/mol. The minimum absolute atomic E-state index is 0.146. The highest BCUT2D eigenvalue weighted by Gasteiger charge is 2.16. The van der Waals surface area contributed by atoms with Crippen LogP contribution in [0.2, 0.25) is 5.02 Å². The summed E-state index contributed by atoms with van der Waals surface area (Å²) in [7, 11) is 0. The molecule has 0 radical (unpaired) electrons. The molecule has 2 aromatic carbocycles. The Balaban J connectivity index is 1.98. The van der Waals surface area contributed by atoms with E-state index in [9.17, 15) is 9.59 Å². The van der Waals surface area contributed by atoms with Gasteiger partial charge in [-0.25, -0.2) is 0 Å². The third-order valence-electron chi connectivity index (χ3n) is 3.40. The third-order valence-corrected chi connectivity index (χ3v) is 3.77. The smallest absolute Gasteiger partial charge is 0.222 e. The molecule has 0 bridgehead atoms. The normalized spacial score (nSPS) is 11.6. The zero-order valence-corrected chi connectivity index (χ0v) is 13.6. The van der Waals surface area contributed by atoms with Gasteiger partial charge in [0.1, 0.15) is 0 Å². The molecule has 0 saturated carbocycles. The molecule has 23 heavy (non-hydrogen) atoms. The molecule has 5 heteroatoms. The van der Waals surface area contributed by atoms with Crippen molar-refractivity contribution in [2.45, 2.75) is 25.9 Å². The molecular formula is C18H19ClN2O2. The maximum Gasteiger partial charge on any atom is 0.222 e. The van der Waals surface area contributed by atoms with Crippen molar-refractivity contribution in [1.82, 2.24) is 10.6 Å². The number of carbonyl (C=O) groups excluding carboxylic acids is 2. The van der Waals surface area contributed by atoms with Crippen LogP contribution in [-0.2, 0) is 16.1 Å². The van der Waals surface area contributed by atoms with E-state index in [-0.39, 0.29) is 24.3 Å². The fourth-order valence-corrected chi connectivity index (χ4v) is 2.48. The molecule has 0 fully saturated rings. The van der Waals surface area contributed by atoms with E-state index in [4.69, 9.17) is 11.6 Å². The van der Waals surface area contributed by atoms with Crippen LogP contribution in [0.25, 0.3) is 0 Å². The van der Waals surface area contributed by atoms with E-state index in [1.165, 1.54) is 6.92 Å². The average molecular weight is 331 g/mol. The molecule has 0 heterocycles. The van der Waals surface area contributed by atoms with Crippen molar-refractivity contribution in [3.63, 3.8) is 0 Å². The van der Waals surface area contributed by atoms with Crippen molar-refractivity contribution in [2.24, 2.45) is 0 Å². The minimum Gasteiger partial charge on any atom is -0.352 e. The van der Waals surface area contributed by atoms with E-state index in [0.717, 1.165) is 11.1 Å². The van der Waals surface area contributed by atoms with Gasteiger partial charge in [0.15, 0.2) is 0 Å². The van der Waals surface area contributed by atoms with Crippen LogP contribution in [0.3, 0.4) is 0 Å². The van der Waals surface area contributed by atoms with Crippen LogP contribution in [-0.4, -0.2) is 11.8 Å². The minimum atomic E-state index is -0.347. The summed E-state index contributed by atoms with van der Waals surface area (Å²) < 4.78 is 0. The third kappa shape index (κ3) is 5.42. The van der Waals surface area contributed by atoms with Crippen molar-refractivity contribution >= 4 is 23.4 Å². The van der Waals surface area contributed by atoms with Crippen molar-refractivity contribution in [2.75, 3.05) is 0 Å². The summed E-state index contributed by atoms with van der Waals surface area (Å²) in [5, 5.41) is 6.27. The summed E-state index contributed by atoms with van der Waals surface area (Å²) in [4.78, 5) is 23.6. The highest BCUT2D eigenvalue weighted by Crippen LogP contribution is 2.17. The molecule has 2 rings (SSSR count). The van der Waals surface area contributed by atoms with Gasteiger partial charge in [-0.1, -0.05) is 60.1 Å². The highest BCUT2D eigenvalue weighted by atomic mass is 35.5. The van der Waals surface area contributed by atoms with Crippen molar-refractivity contribution < 1.29 is 9.59 Å². The van der Waals surface area contributed by atoms with Crippen LogP contribution < -0.4 is 10.6 Å². The molecule has 0 aliphatic carbocycles. The average Bonchev–Trinajstić information content (AvgIpc) is 2.54. The zero-order chi connectivity index (χ0) is 16.7. The van der Waals surface area contributed by atoms with Crippen LogP contribution in [0.1, 0.15) is 30.5 Å². The van der Waals surface area contributed by atoms with Crippen molar-refractivity contribution in [1.29, 1.82) is 0 Å². The molecule has 0 spiro atoms. The monoisotopic (exact) mass is 330 g/mol. The second kappa shape index (κ2) is 8.34. The first kappa shape index (κ1) is 17.0. The van der Waals surface area contributed by atoms with Gasteiger partial charge in [0.25, 0.3) is 0 Å².